The van der Waals surface area contributed by atoms with Crippen LogP contribution in [-0.2, 0) is 10.0 Å². The summed E-state index contributed by atoms with van der Waals surface area (Å²) in [7, 11) is -3.56. The molecule has 0 aliphatic heterocycles. The van der Waals surface area contributed by atoms with Gasteiger partial charge in [-0.1, -0.05) is 0 Å². The lowest BCUT2D eigenvalue weighted by molar-refractivity contribution is -0.0507. The first kappa shape index (κ1) is 18.3. The van der Waals surface area contributed by atoms with E-state index in [9.17, 15) is 22.0 Å². The third-order valence-electron chi connectivity index (χ3n) is 2.82. The maximum atomic E-state index is 12.3. The van der Waals surface area contributed by atoms with E-state index in [2.05, 4.69) is 10.1 Å². The van der Waals surface area contributed by atoms with Crippen LogP contribution in [-0.4, -0.2) is 33.2 Å². The lowest BCUT2D eigenvalue weighted by Crippen LogP contribution is -2.27. The van der Waals surface area contributed by atoms with E-state index >= 15 is 0 Å². The predicted molar refractivity (Wildman–Crippen MR) is 77.5 cm³/mol. The van der Waals surface area contributed by atoms with Crippen molar-refractivity contribution in [2.75, 3.05) is 12.3 Å². The second-order valence-corrected chi connectivity index (χ2v) is 6.53. The molecule has 0 unspecified atom stereocenters. The lowest BCUT2D eigenvalue weighted by atomic mass is 10.1. The molecule has 9 heteroatoms. The van der Waals surface area contributed by atoms with Gasteiger partial charge in [-0.05, 0) is 43.5 Å². The van der Waals surface area contributed by atoms with E-state index < -0.39 is 22.5 Å². The number of halogens is 2. The zero-order valence-corrected chi connectivity index (χ0v) is 13.0. The number of hydrogen-bond donors (Lipinski definition) is 2. The monoisotopic (exact) mass is 336 g/mol. The van der Waals surface area contributed by atoms with Crippen LogP contribution in [0, 0.1) is 13.8 Å². The molecule has 1 amide bonds. The van der Waals surface area contributed by atoms with Crippen molar-refractivity contribution in [1.29, 1.82) is 0 Å². The summed E-state index contributed by atoms with van der Waals surface area (Å²) >= 11 is 0. The molecular formula is C13H18F2N2O4S. The largest absolute Gasteiger partial charge is 0.434 e. The number of sulfonamides is 1. The van der Waals surface area contributed by atoms with Crippen molar-refractivity contribution in [2.24, 2.45) is 5.14 Å². The van der Waals surface area contributed by atoms with E-state index in [1.54, 1.807) is 13.8 Å². The summed E-state index contributed by atoms with van der Waals surface area (Å²) in [6, 6.07) is 2.86. The van der Waals surface area contributed by atoms with Crippen molar-refractivity contribution in [3.63, 3.8) is 0 Å². The summed E-state index contributed by atoms with van der Waals surface area (Å²) in [5.41, 5.74) is 1.11. The molecule has 0 fully saturated rings. The predicted octanol–water partition coefficient (Wildman–Crippen LogP) is 1.31. The molecule has 3 N–H and O–H groups in total. The minimum atomic E-state index is -3.56. The molecule has 6 nitrogen and oxygen atoms in total. The number of benzene rings is 1. The number of carbonyl (C=O) groups excluding carboxylic acids is 1. The summed E-state index contributed by atoms with van der Waals surface area (Å²) in [5.74, 6) is -0.614. The number of nitrogens with two attached hydrogens (primary N) is 1. The van der Waals surface area contributed by atoms with E-state index in [1.807, 2.05) is 0 Å². The van der Waals surface area contributed by atoms with Gasteiger partial charge in [0.15, 0.2) is 0 Å². The minimum absolute atomic E-state index is 0.0424. The summed E-state index contributed by atoms with van der Waals surface area (Å²) in [6.45, 7) is 0.323. The first-order chi connectivity index (χ1) is 10.1. The summed E-state index contributed by atoms with van der Waals surface area (Å²) < 4.78 is 50.5. The van der Waals surface area contributed by atoms with Gasteiger partial charge in [0, 0.05) is 12.1 Å². The van der Waals surface area contributed by atoms with Crippen LogP contribution in [0.3, 0.4) is 0 Å². The topological polar surface area (TPSA) is 98.5 Å². The summed E-state index contributed by atoms with van der Waals surface area (Å²) in [5, 5.41) is 7.38. The average Bonchev–Trinajstić information content (AvgIpc) is 2.37. The molecule has 1 aromatic carbocycles. The molecule has 0 aromatic heterocycles. The normalized spacial score (nSPS) is 11.5. The van der Waals surface area contributed by atoms with Crippen molar-refractivity contribution in [2.45, 2.75) is 26.9 Å². The standard InChI is InChI=1S/C13H18F2N2O4S/c1-8-6-10(7-9(2)11(8)21-13(14)15)12(18)17-4-3-5-22(16,19)20/h6-7,13H,3-5H2,1-2H3,(H,17,18)(H2,16,19,20). The molecule has 0 heterocycles. The Balaban J connectivity index is 2.71. The van der Waals surface area contributed by atoms with E-state index in [4.69, 9.17) is 5.14 Å². The maximum absolute atomic E-state index is 12.3. The molecule has 1 aromatic rings. The SMILES string of the molecule is Cc1cc(C(=O)NCCCS(N)(=O)=O)cc(C)c1OC(F)F. The Bertz CT molecular complexity index is 624. The van der Waals surface area contributed by atoms with Gasteiger partial charge in [-0.25, -0.2) is 13.6 Å². The van der Waals surface area contributed by atoms with Crippen LogP contribution in [0.15, 0.2) is 12.1 Å². The Kier molecular flexibility index (Phi) is 6.24. The molecule has 22 heavy (non-hydrogen) atoms. The van der Waals surface area contributed by atoms with E-state index in [0.29, 0.717) is 11.1 Å². The van der Waals surface area contributed by atoms with Crippen LogP contribution in [0.25, 0.3) is 0 Å². The number of aryl methyl sites for hydroxylation is 2. The fourth-order valence-corrected chi connectivity index (χ4v) is 2.48. The zero-order valence-electron chi connectivity index (χ0n) is 12.2. The molecule has 0 spiro atoms. The van der Waals surface area contributed by atoms with Crippen LogP contribution in [0.1, 0.15) is 27.9 Å². The molecule has 124 valence electrons. The van der Waals surface area contributed by atoms with Crippen molar-refractivity contribution in [3.05, 3.63) is 28.8 Å². The molecule has 0 aliphatic rings. The fourth-order valence-electron chi connectivity index (χ4n) is 1.93. The highest BCUT2D eigenvalue weighted by Crippen LogP contribution is 2.26. The lowest BCUT2D eigenvalue weighted by Gasteiger charge is -2.13. The van der Waals surface area contributed by atoms with Gasteiger partial charge in [-0.3, -0.25) is 4.79 Å². The summed E-state index contributed by atoms with van der Waals surface area (Å²) in [6.07, 6.45) is 0.190. The average molecular weight is 336 g/mol. The van der Waals surface area contributed by atoms with E-state index in [-0.39, 0.29) is 30.0 Å². The molecule has 0 bridgehead atoms. The number of rotatable bonds is 7. The molecule has 0 aliphatic carbocycles. The van der Waals surface area contributed by atoms with Crippen molar-refractivity contribution >= 4 is 15.9 Å². The molecule has 0 saturated heterocycles. The quantitative estimate of drug-likeness (QED) is 0.734. The Morgan fingerprint density at radius 1 is 1.32 bits per heavy atom. The van der Waals surface area contributed by atoms with Gasteiger partial charge in [0.2, 0.25) is 10.0 Å². The highest BCUT2D eigenvalue weighted by Gasteiger charge is 2.14. The molecule has 0 radical (unpaired) electrons. The highest BCUT2D eigenvalue weighted by molar-refractivity contribution is 7.89. The number of alkyl halides is 2. The van der Waals surface area contributed by atoms with E-state index in [0.717, 1.165) is 0 Å². The van der Waals surface area contributed by atoms with E-state index in [1.165, 1.54) is 12.1 Å². The number of hydrogen-bond acceptors (Lipinski definition) is 4. The maximum Gasteiger partial charge on any atom is 0.387 e. The first-order valence-electron chi connectivity index (χ1n) is 6.45. The van der Waals surface area contributed by atoms with Gasteiger partial charge in [0.25, 0.3) is 5.91 Å². The Morgan fingerprint density at radius 2 is 1.86 bits per heavy atom. The fraction of sp³-hybridized carbons (Fsp3) is 0.462. The second kappa shape index (κ2) is 7.50. The molecular weight excluding hydrogens is 318 g/mol. The number of nitrogens with one attached hydrogen (secondary N) is 1. The zero-order chi connectivity index (χ0) is 16.9. The Morgan fingerprint density at radius 3 is 2.32 bits per heavy atom. The van der Waals surface area contributed by atoms with Crippen LogP contribution in [0.4, 0.5) is 8.78 Å². The van der Waals surface area contributed by atoms with Gasteiger partial charge in [-0.15, -0.1) is 0 Å². The van der Waals surface area contributed by atoms with Gasteiger partial charge >= 0.3 is 6.61 Å². The van der Waals surface area contributed by atoms with Gasteiger partial charge in [-0.2, -0.15) is 8.78 Å². The Labute approximate surface area is 127 Å². The highest BCUT2D eigenvalue weighted by atomic mass is 32.2. The minimum Gasteiger partial charge on any atom is -0.434 e. The smallest absolute Gasteiger partial charge is 0.387 e. The van der Waals surface area contributed by atoms with Crippen LogP contribution in [0.2, 0.25) is 0 Å². The third-order valence-corrected chi connectivity index (χ3v) is 3.68. The molecule has 1 rings (SSSR count). The number of primary sulfonamides is 1. The van der Waals surface area contributed by atoms with Crippen LogP contribution in [0.5, 0.6) is 5.75 Å². The molecule has 0 saturated carbocycles. The van der Waals surface area contributed by atoms with Crippen LogP contribution < -0.4 is 15.2 Å². The first-order valence-corrected chi connectivity index (χ1v) is 8.16. The number of carbonyl (C=O) groups is 1. The van der Waals surface area contributed by atoms with Crippen molar-refractivity contribution < 1.29 is 26.7 Å². The summed E-state index contributed by atoms with van der Waals surface area (Å²) in [4.78, 5) is 11.9. The second-order valence-electron chi connectivity index (χ2n) is 4.79. The van der Waals surface area contributed by atoms with Crippen molar-refractivity contribution in [1.82, 2.24) is 5.32 Å². The van der Waals surface area contributed by atoms with Gasteiger partial charge in [0.1, 0.15) is 5.75 Å². The van der Waals surface area contributed by atoms with Gasteiger partial charge in [0.05, 0.1) is 5.75 Å². The van der Waals surface area contributed by atoms with Crippen molar-refractivity contribution in [3.8, 4) is 5.75 Å². The van der Waals surface area contributed by atoms with Gasteiger partial charge < -0.3 is 10.1 Å². The number of amides is 1. The molecule has 0 atom stereocenters. The number of ether oxygens (including phenoxy) is 1. The Hall–Kier alpha value is -1.74. The van der Waals surface area contributed by atoms with Crippen LogP contribution >= 0.6 is 0 Å². The third kappa shape index (κ3) is 5.94.